The van der Waals surface area contributed by atoms with Crippen LogP contribution < -0.4 is 16.0 Å². The average molecular weight is 279 g/mol. The van der Waals surface area contributed by atoms with Crippen molar-refractivity contribution >= 4 is 17.6 Å². The maximum Gasteiger partial charge on any atom is 0.318 e. The minimum Gasteiger partial charge on any atom is -0.368 e. The number of hydrogen-bond donors (Lipinski definition) is 2. The van der Waals surface area contributed by atoms with E-state index in [-0.39, 0.29) is 12.2 Å². The van der Waals surface area contributed by atoms with Crippen molar-refractivity contribution in [2.24, 2.45) is 5.73 Å². The molecule has 0 aromatic heterocycles. The highest BCUT2D eigenvalue weighted by Crippen LogP contribution is 2.32. The number of amides is 3. The number of carbonyl (C=O) groups is 2. The van der Waals surface area contributed by atoms with Crippen LogP contribution in [0.5, 0.6) is 0 Å². The Labute approximate surface area is 116 Å². The predicted octanol–water partition coefficient (Wildman–Crippen LogP) is 1.47. The van der Waals surface area contributed by atoms with Crippen molar-refractivity contribution in [3.63, 3.8) is 0 Å². The lowest BCUT2D eigenvalue weighted by atomic mass is 9.96. The molecule has 1 aromatic rings. The van der Waals surface area contributed by atoms with E-state index in [1.807, 2.05) is 17.1 Å². The maximum atomic E-state index is 14.0. The first kappa shape index (κ1) is 14.3. The Morgan fingerprint density at radius 2 is 2.20 bits per heavy atom. The third-order valence-electron chi connectivity index (χ3n) is 3.51. The fraction of sp³-hybridized carbons (Fsp3) is 0.429. The zero-order chi connectivity index (χ0) is 14.7. The van der Waals surface area contributed by atoms with Crippen LogP contribution in [0.2, 0.25) is 0 Å². The Kier molecular flexibility index (Phi) is 4.22. The molecule has 1 heterocycles. The lowest BCUT2D eigenvalue weighted by Gasteiger charge is -2.32. The fourth-order valence-corrected chi connectivity index (χ4v) is 2.58. The van der Waals surface area contributed by atoms with Gasteiger partial charge < -0.3 is 10.6 Å². The number of benzene rings is 1. The molecule has 0 fully saturated rings. The van der Waals surface area contributed by atoms with Gasteiger partial charge >= 0.3 is 6.03 Å². The Morgan fingerprint density at radius 3 is 2.90 bits per heavy atom. The third kappa shape index (κ3) is 3.07. The van der Waals surface area contributed by atoms with Gasteiger partial charge in [0.25, 0.3) is 0 Å². The number of nitrogens with two attached hydrogens (primary N) is 1. The lowest BCUT2D eigenvalue weighted by Crippen LogP contribution is -2.38. The van der Waals surface area contributed by atoms with Crippen LogP contribution in [-0.4, -0.2) is 25.0 Å². The van der Waals surface area contributed by atoms with Crippen molar-refractivity contribution < 1.29 is 14.0 Å². The van der Waals surface area contributed by atoms with Gasteiger partial charge in [-0.05, 0) is 37.0 Å². The van der Waals surface area contributed by atoms with Gasteiger partial charge in [0.1, 0.15) is 5.82 Å². The van der Waals surface area contributed by atoms with Gasteiger partial charge in [0.15, 0.2) is 0 Å². The van der Waals surface area contributed by atoms with Gasteiger partial charge in [0, 0.05) is 19.5 Å². The molecule has 0 atom stereocenters. The van der Waals surface area contributed by atoms with Crippen molar-refractivity contribution in [3.8, 4) is 0 Å². The van der Waals surface area contributed by atoms with Crippen molar-refractivity contribution in [2.75, 3.05) is 18.0 Å². The number of anilines is 1. The summed E-state index contributed by atoms with van der Waals surface area (Å²) in [6.07, 6.45) is 1.88. The monoisotopic (exact) mass is 279 g/mol. The second-order valence-electron chi connectivity index (χ2n) is 4.94. The average Bonchev–Trinajstić information content (AvgIpc) is 2.40. The molecule has 108 valence electrons. The first-order valence-corrected chi connectivity index (χ1v) is 6.61. The fourth-order valence-electron chi connectivity index (χ4n) is 2.58. The summed E-state index contributed by atoms with van der Waals surface area (Å²) in [4.78, 5) is 23.9. The largest absolute Gasteiger partial charge is 0.368 e. The molecule has 0 aliphatic carbocycles. The molecule has 0 spiro atoms. The number of hydrogen-bond acceptors (Lipinski definition) is 3. The van der Waals surface area contributed by atoms with Crippen LogP contribution in [0.15, 0.2) is 12.1 Å². The van der Waals surface area contributed by atoms with Gasteiger partial charge in [0.2, 0.25) is 5.91 Å². The molecule has 0 saturated heterocycles. The van der Waals surface area contributed by atoms with Crippen LogP contribution in [0.1, 0.15) is 24.0 Å². The number of aryl methyl sites for hydroxylation is 1. The van der Waals surface area contributed by atoms with E-state index in [1.165, 1.54) is 6.07 Å². The number of nitrogens with zero attached hydrogens (tertiary/aromatic N) is 1. The quantitative estimate of drug-likeness (QED) is 0.879. The predicted molar refractivity (Wildman–Crippen MR) is 74.0 cm³/mol. The van der Waals surface area contributed by atoms with Crippen LogP contribution in [0, 0.1) is 12.7 Å². The van der Waals surface area contributed by atoms with Crippen LogP contribution in [0.25, 0.3) is 0 Å². The molecule has 1 aromatic carbocycles. The van der Waals surface area contributed by atoms with Crippen molar-refractivity contribution in [1.82, 2.24) is 5.32 Å². The summed E-state index contributed by atoms with van der Waals surface area (Å²) >= 11 is 0. The van der Waals surface area contributed by atoms with E-state index in [1.54, 1.807) is 6.07 Å². The van der Waals surface area contributed by atoms with Crippen molar-refractivity contribution in [1.29, 1.82) is 0 Å². The summed E-state index contributed by atoms with van der Waals surface area (Å²) in [7, 11) is 0. The highest BCUT2D eigenvalue weighted by atomic mass is 19.1. The molecule has 0 radical (unpaired) electrons. The number of primary amides is 1. The molecule has 5 nitrogen and oxygen atoms in total. The van der Waals surface area contributed by atoms with Crippen molar-refractivity contribution in [2.45, 2.75) is 26.2 Å². The molecule has 3 amide bonds. The first-order valence-electron chi connectivity index (χ1n) is 6.61. The van der Waals surface area contributed by atoms with E-state index in [9.17, 15) is 14.0 Å². The standard InChI is InChI=1S/C14H18FN3O2/c1-9-4-5-11(15)13-10(9)3-2-7-18(13)8-6-12(19)17-14(16)20/h4-5H,2-3,6-8H2,1H3,(H3,16,17,19,20). The SMILES string of the molecule is Cc1ccc(F)c2c1CCCN2CCC(=O)NC(N)=O. The molecule has 1 aliphatic rings. The molecular weight excluding hydrogens is 261 g/mol. The molecule has 20 heavy (non-hydrogen) atoms. The number of halogens is 1. The highest BCUT2D eigenvalue weighted by Gasteiger charge is 2.22. The molecular formula is C14H18FN3O2. The molecule has 1 aliphatic heterocycles. The molecule has 0 unspecified atom stereocenters. The molecule has 6 heteroatoms. The second kappa shape index (κ2) is 5.90. The van der Waals surface area contributed by atoms with Gasteiger partial charge in [-0.25, -0.2) is 9.18 Å². The van der Waals surface area contributed by atoms with Crippen LogP contribution >= 0.6 is 0 Å². The summed E-state index contributed by atoms with van der Waals surface area (Å²) < 4.78 is 14.0. The Hall–Kier alpha value is -2.11. The number of rotatable bonds is 3. The lowest BCUT2D eigenvalue weighted by molar-refractivity contribution is -0.119. The van der Waals surface area contributed by atoms with Crippen LogP contribution in [0.3, 0.4) is 0 Å². The van der Waals surface area contributed by atoms with Crippen LogP contribution in [0.4, 0.5) is 14.9 Å². The van der Waals surface area contributed by atoms with Gasteiger partial charge in [-0.15, -0.1) is 0 Å². The maximum absolute atomic E-state index is 14.0. The normalized spacial score (nSPS) is 13.8. The number of fused-ring (bicyclic) bond motifs is 1. The van der Waals surface area contributed by atoms with Gasteiger partial charge in [-0.3, -0.25) is 10.1 Å². The second-order valence-corrected chi connectivity index (χ2v) is 4.94. The molecule has 2 rings (SSSR count). The zero-order valence-corrected chi connectivity index (χ0v) is 11.4. The molecule has 3 N–H and O–H groups in total. The zero-order valence-electron chi connectivity index (χ0n) is 11.4. The minimum absolute atomic E-state index is 0.107. The summed E-state index contributed by atoms with van der Waals surface area (Å²) in [5, 5.41) is 2.01. The summed E-state index contributed by atoms with van der Waals surface area (Å²) in [6.45, 7) is 3.03. The van der Waals surface area contributed by atoms with E-state index >= 15 is 0 Å². The van der Waals surface area contributed by atoms with Crippen LogP contribution in [-0.2, 0) is 11.2 Å². The van der Waals surface area contributed by atoms with E-state index in [0.717, 1.165) is 24.0 Å². The summed E-state index contributed by atoms with van der Waals surface area (Å²) in [5.74, 6) is -0.710. The van der Waals surface area contributed by atoms with E-state index < -0.39 is 11.9 Å². The summed E-state index contributed by atoms with van der Waals surface area (Å²) in [6, 6.07) is 2.36. The smallest absolute Gasteiger partial charge is 0.318 e. The van der Waals surface area contributed by atoms with Gasteiger partial charge in [-0.1, -0.05) is 6.07 Å². The first-order chi connectivity index (χ1) is 9.49. The third-order valence-corrected chi connectivity index (χ3v) is 3.51. The van der Waals surface area contributed by atoms with Gasteiger partial charge in [-0.2, -0.15) is 0 Å². The Bertz CT molecular complexity index is 545. The number of carbonyl (C=O) groups excluding carboxylic acids is 2. The van der Waals surface area contributed by atoms with E-state index in [4.69, 9.17) is 5.73 Å². The highest BCUT2D eigenvalue weighted by molar-refractivity contribution is 5.93. The number of imide groups is 1. The summed E-state index contributed by atoms with van der Waals surface area (Å²) in [5.41, 5.74) is 7.53. The Morgan fingerprint density at radius 1 is 1.45 bits per heavy atom. The molecule has 0 saturated carbocycles. The molecule has 0 bridgehead atoms. The van der Waals surface area contributed by atoms with E-state index in [2.05, 4.69) is 0 Å². The minimum atomic E-state index is -0.865. The topological polar surface area (TPSA) is 75.4 Å². The Balaban J connectivity index is 2.11. The van der Waals surface area contributed by atoms with Gasteiger partial charge in [0.05, 0.1) is 5.69 Å². The van der Waals surface area contributed by atoms with Crippen molar-refractivity contribution in [3.05, 3.63) is 29.1 Å². The van der Waals surface area contributed by atoms with E-state index in [0.29, 0.717) is 18.8 Å². The number of nitrogens with one attached hydrogen (secondary N) is 1. The number of urea groups is 1.